The molecule has 11 nitrogen and oxygen atoms in total. The van der Waals surface area contributed by atoms with Crippen LogP contribution in [0.15, 0.2) is 59.8 Å². The molecule has 4 aromatic heterocycles. The summed E-state index contributed by atoms with van der Waals surface area (Å²) >= 11 is 0. The van der Waals surface area contributed by atoms with Crippen molar-refractivity contribution in [2.75, 3.05) is 5.32 Å². The maximum Gasteiger partial charge on any atom is 0.264 e. The van der Waals surface area contributed by atoms with Gasteiger partial charge in [0, 0.05) is 30.1 Å². The molecule has 4 heterocycles. The van der Waals surface area contributed by atoms with E-state index >= 15 is 0 Å². The van der Waals surface area contributed by atoms with Gasteiger partial charge in [0.15, 0.2) is 0 Å². The quantitative estimate of drug-likeness (QED) is 0.363. The Morgan fingerprint density at radius 3 is 2.65 bits per heavy atom. The van der Waals surface area contributed by atoms with Crippen LogP contribution in [0.4, 0.5) is 11.5 Å². The van der Waals surface area contributed by atoms with Crippen LogP contribution in [0, 0.1) is 0 Å². The Balaban J connectivity index is 1.62. The smallest absolute Gasteiger partial charge is 0.264 e. The highest BCUT2D eigenvalue weighted by Crippen LogP contribution is 2.29. The van der Waals surface area contributed by atoms with E-state index in [1.165, 1.54) is 10.9 Å². The van der Waals surface area contributed by atoms with Crippen molar-refractivity contribution in [2.45, 2.75) is 19.4 Å². The second kappa shape index (κ2) is 8.12. The van der Waals surface area contributed by atoms with E-state index in [1.54, 1.807) is 39.2 Å². The molecular formula is C23H21N9O2. The number of pyridine rings is 2. The molecule has 5 rings (SSSR count). The van der Waals surface area contributed by atoms with Gasteiger partial charge in [-0.05, 0) is 49.4 Å². The number of H-pyrrole nitrogens is 1. The molecule has 0 fully saturated rings. The Hall–Kier alpha value is -4.51. The van der Waals surface area contributed by atoms with Gasteiger partial charge in [-0.1, -0.05) is 12.1 Å². The number of nitrogens with one attached hydrogen (secondary N) is 2. The first-order chi connectivity index (χ1) is 16.3. The van der Waals surface area contributed by atoms with Crippen LogP contribution in [0.2, 0.25) is 0 Å². The third-order valence-corrected chi connectivity index (χ3v) is 5.32. The highest BCUT2D eigenvalue weighted by molar-refractivity contribution is 5.93. The molecule has 170 valence electrons. The average Bonchev–Trinajstić information content (AvgIpc) is 3.36. The number of nitrogens with zero attached hydrogens (tertiary/aromatic N) is 7. The van der Waals surface area contributed by atoms with Crippen LogP contribution in [0.1, 0.15) is 19.5 Å². The van der Waals surface area contributed by atoms with Gasteiger partial charge >= 0.3 is 0 Å². The zero-order chi connectivity index (χ0) is 23.9. The molecule has 0 saturated carbocycles. The number of hydrogen-bond donors (Lipinski definition) is 3. The first kappa shape index (κ1) is 21.3. The van der Waals surface area contributed by atoms with E-state index in [-0.39, 0.29) is 5.56 Å². The molecule has 34 heavy (non-hydrogen) atoms. The summed E-state index contributed by atoms with van der Waals surface area (Å²) in [5, 5.41) is 27.9. The van der Waals surface area contributed by atoms with Gasteiger partial charge in [-0.15, -0.1) is 10.2 Å². The molecule has 0 spiro atoms. The summed E-state index contributed by atoms with van der Waals surface area (Å²) in [6.45, 7) is 3.35. The van der Waals surface area contributed by atoms with E-state index in [0.717, 1.165) is 11.1 Å². The Morgan fingerprint density at radius 2 is 1.94 bits per heavy atom. The molecule has 0 unspecified atom stereocenters. The molecule has 0 aliphatic rings. The number of hydrogen-bond acceptors (Lipinski definition) is 9. The third kappa shape index (κ3) is 3.99. The second-order valence-electron chi connectivity index (χ2n) is 8.34. The zero-order valence-electron chi connectivity index (χ0n) is 18.7. The van der Waals surface area contributed by atoms with Gasteiger partial charge in [-0.3, -0.25) is 9.78 Å². The topological polar surface area (TPSA) is 147 Å². The number of rotatable bonds is 5. The fraction of sp³-hybridized carbons (Fsp3) is 0.174. The molecular weight excluding hydrogens is 434 g/mol. The molecule has 0 aliphatic heterocycles. The minimum Gasteiger partial charge on any atom is -0.384 e. The Morgan fingerprint density at radius 1 is 1.09 bits per heavy atom. The molecule has 0 saturated heterocycles. The number of aliphatic hydroxyl groups is 1. The lowest BCUT2D eigenvalue weighted by molar-refractivity contribution is 0.0739. The van der Waals surface area contributed by atoms with E-state index in [1.807, 2.05) is 30.3 Å². The zero-order valence-corrected chi connectivity index (χ0v) is 18.7. The lowest BCUT2D eigenvalue weighted by Crippen LogP contribution is -2.19. The van der Waals surface area contributed by atoms with Crippen molar-refractivity contribution in [1.29, 1.82) is 0 Å². The van der Waals surface area contributed by atoms with E-state index in [0.29, 0.717) is 39.6 Å². The SMILES string of the molecule is Cn1cnc2cc(-c3ccc(C(C)(C)O)nc3)nc(Nc3cccc(-c4nn[nH]n4)c3)c2c1=O. The molecule has 0 bridgehead atoms. The van der Waals surface area contributed by atoms with Crippen LogP contribution >= 0.6 is 0 Å². The number of tetrazole rings is 1. The van der Waals surface area contributed by atoms with E-state index in [4.69, 9.17) is 4.98 Å². The standard InChI is InChI=1S/C23H21N9O2/c1-23(2,34)18-8-7-14(11-24-18)16-10-17-19(22(33)32(3)12-25-17)21(27-16)26-15-6-4-5-13(9-15)20-28-30-31-29-20/h4-12,34H,1-3H3,(H,26,27)(H,28,29,30,31). The van der Waals surface area contributed by atoms with Crippen molar-refractivity contribution < 1.29 is 5.11 Å². The third-order valence-electron chi connectivity index (χ3n) is 5.32. The molecule has 11 heteroatoms. The van der Waals surface area contributed by atoms with Crippen molar-refractivity contribution in [1.82, 2.24) is 40.1 Å². The summed E-state index contributed by atoms with van der Waals surface area (Å²) in [6.07, 6.45) is 3.12. The lowest BCUT2D eigenvalue weighted by Gasteiger charge is -2.16. The Kier molecular flexibility index (Phi) is 5.10. The minimum absolute atomic E-state index is 0.226. The summed E-state index contributed by atoms with van der Waals surface area (Å²) in [5.74, 6) is 0.809. The van der Waals surface area contributed by atoms with Gasteiger partial charge in [0.25, 0.3) is 5.56 Å². The molecule has 0 aliphatic carbocycles. The van der Waals surface area contributed by atoms with Crippen molar-refractivity contribution in [3.63, 3.8) is 0 Å². The number of aromatic amines is 1. The van der Waals surface area contributed by atoms with E-state index in [2.05, 4.69) is 35.9 Å². The van der Waals surface area contributed by atoms with Gasteiger partial charge in [-0.2, -0.15) is 5.21 Å². The number of fused-ring (bicyclic) bond motifs is 1. The monoisotopic (exact) mass is 455 g/mol. The minimum atomic E-state index is -1.06. The average molecular weight is 455 g/mol. The predicted molar refractivity (Wildman–Crippen MR) is 126 cm³/mol. The van der Waals surface area contributed by atoms with Crippen LogP contribution in [-0.4, -0.2) is 45.2 Å². The fourth-order valence-electron chi connectivity index (χ4n) is 3.52. The van der Waals surface area contributed by atoms with Crippen molar-refractivity contribution in [3.05, 3.63) is 71.0 Å². The number of aromatic nitrogens is 8. The van der Waals surface area contributed by atoms with Crippen LogP contribution in [0.25, 0.3) is 33.5 Å². The number of aryl methyl sites for hydroxylation is 1. The van der Waals surface area contributed by atoms with Crippen molar-refractivity contribution in [2.24, 2.45) is 7.05 Å². The van der Waals surface area contributed by atoms with Crippen LogP contribution < -0.4 is 10.9 Å². The normalized spacial score (nSPS) is 11.6. The molecule has 1 aromatic carbocycles. The Bertz CT molecular complexity index is 1540. The fourth-order valence-corrected chi connectivity index (χ4v) is 3.52. The van der Waals surface area contributed by atoms with Crippen LogP contribution in [-0.2, 0) is 12.6 Å². The number of benzene rings is 1. The summed E-state index contributed by atoms with van der Waals surface area (Å²) in [4.78, 5) is 26.5. The lowest BCUT2D eigenvalue weighted by atomic mass is 10.0. The largest absolute Gasteiger partial charge is 0.384 e. The second-order valence-corrected chi connectivity index (χ2v) is 8.34. The van der Waals surface area contributed by atoms with Crippen molar-refractivity contribution >= 4 is 22.4 Å². The maximum atomic E-state index is 13.0. The summed E-state index contributed by atoms with van der Waals surface area (Å²) in [6, 6.07) is 12.7. The number of anilines is 2. The van der Waals surface area contributed by atoms with Gasteiger partial charge in [0.05, 0.1) is 23.2 Å². The van der Waals surface area contributed by atoms with Gasteiger partial charge in [0.2, 0.25) is 5.82 Å². The molecule has 0 amide bonds. The predicted octanol–water partition coefficient (Wildman–Crippen LogP) is 2.54. The first-order valence-electron chi connectivity index (χ1n) is 10.5. The van der Waals surface area contributed by atoms with Crippen molar-refractivity contribution in [3.8, 4) is 22.6 Å². The van der Waals surface area contributed by atoms with Gasteiger partial charge in [0.1, 0.15) is 16.8 Å². The van der Waals surface area contributed by atoms with E-state index < -0.39 is 5.60 Å². The van der Waals surface area contributed by atoms with Crippen LogP contribution in [0.3, 0.4) is 0 Å². The first-order valence-corrected chi connectivity index (χ1v) is 10.5. The summed E-state index contributed by atoms with van der Waals surface area (Å²) in [5.41, 5.74) is 2.50. The Labute approximate surface area is 193 Å². The summed E-state index contributed by atoms with van der Waals surface area (Å²) < 4.78 is 1.41. The molecule has 3 N–H and O–H groups in total. The summed E-state index contributed by atoms with van der Waals surface area (Å²) in [7, 11) is 1.64. The molecule has 0 radical (unpaired) electrons. The van der Waals surface area contributed by atoms with Gasteiger partial charge in [-0.25, -0.2) is 9.97 Å². The highest BCUT2D eigenvalue weighted by atomic mass is 16.3. The molecule has 0 atom stereocenters. The maximum absolute atomic E-state index is 13.0. The molecule has 5 aromatic rings. The highest BCUT2D eigenvalue weighted by Gasteiger charge is 2.18. The van der Waals surface area contributed by atoms with Crippen LogP contribution in [0.5, 0.6) is 0 Å². The van der Waals surface area contributed by atoms with Gasteiger partial charge < -0.3 is 15.0 Å². The van der Waals surface area contributed by atoms with E-state index in [9.17, 15) is 9.90 Å².